The number of thioether (sulfide) groups is 1. The molecule has 0 radical (unpaired) electrons. The van der Waals surface area contributed by atoms with E-state index in [1.54, 1.807) is 25.7 Å². The van der Waals surface area contributed by atoms with Gasteiger partial charge in [0.25, 0.3) is 5.91 Å². The van der Waals surface area contributed by atoms with Crippen LogP contribution in [-0.4, -0.2) is 40.1 Å². The zero-order valence-corrected chi connectivity index (χ0v) is 13.3. The summed E-state index contributed by atoms with van der Waals surface area (Å²) in [5.74, 6) is 1.93. The molecule has 6 nitrogen and oxygen atoms in total. The van der Waals surface area contributed by atoms with Crippen LogP contribution in [0.1, 0.15) is 16.2 Å². The molecule has 0 aliphatic carbocycles. The maximum Gasteiger partial charge on any atom is 0.251 e. The molecule has 1 aliphatic heterocycles. The molecule has 2 aromatic rings. The highest BCUT2D eigenvalue weighted by Gasteiger charge is 2.32. The van der Waals surface area contributed by atoms with Crippen LogP contribution in [-0.2, 0) is 0 Å². The van der Waals surface area contributed by atoms with E-state index in [1.165, 1.54) is 11.8 Å². The number of nitrogens with zero attached hydrogens (tertiary/aromatic N) is 3. The Hall–Kier alpha value is -2.28. The Balaban J connectivity index is 1.80. The number of aryl methyl sites for hydroxylation is 1. The fraction of sp³-hybridized carbons (Fsp3) is 0.267. The summed E-state index contributed by atoms with van der Waals surface area (Å²) in [4.78, 5) is 12.3. The number of benzene rings is 1. The van der Waals surface area contributed by atoms with Gasteiger partial charge < -0.3 is 9.47 Å². The number of methoxy groups -OCH3 is 2. The molecule has 2 heterocycles. The lowest BCUT2D eigenvalue weighted by Crippen LogP contribution is -2.16. The van der Waals surface area contributed by atoms with Crippen LogP contribution in [0.25, 0.3) is 6.08 Å². The first kappa shape index (κ1) is 14.6. The Morgan fingerprint density at radius 1 is 1.23 bits per heavy atom. The van der Waals surface area contributed by atoms with Crippen molar-refractivity contribution in [3.63, 3.8) is 0 Å². The molecule has 1 aliphatic rings. The maximum atomic E-state index is 12.3. The lowest BCUT2D eigenvalue weighted by atomic mass is 10.1. The van der Waals surface area contributed by atoms with E-state index in [1.807, 2.05) is 30.4 Å². The average Bonchev–Trinajstić information content (AvgIpc) is 3.05. The van der Waals surface area contributed by atoms with Gasteiger partial charge in [0.05, 0.1) is 14.2 Å². The van der Waals surface area contributed by atoms with Gasteiger partial charge in [0, 0.05) is 0 Å². The molecule has 0 spiro atoms. The van der Waals surface area contributed by atoms with Crippen LogP contribution < -0.4 is 9.47 Å². The van der Waals surface area contributed by atoms with E-state index in [4.69, 9.17) is 9.47 Å². The van der Waals surface area contributed by atoms with Crippen molar-refractivity contribution in [2.45, 2.75) is 17.3 Å². The van der Waals surface area contributed by atoms with Gasteiger partial charge >= 0.3 is 0 Å². The molecular formula is C15H15N3O3S. The lowest BCUT2D eigenvalue weighted by Gasteiger charge is -2.08. The standard InChI is InChI=1S/C15H15N3O3S/c1-9-16-17-15-18(9)14(19)13(22-15)7-5-10-4-6-11(20-2)12(8-10)21-3/h4-8,13H,1-3H3/b7-5-. The van der Waals surface area contributed by atoms with Gasteiger partial charge in [-0.05, 0) is 24.6 Å². The van der Waals surface area contributed by atoms with Crippen LogP contribution >= 0.6 is 11.8 Å². The van der Waals surface area contributed by atoms with E-state index in [2.05, 4.69) is 10.2 Å². The van der Waals surface area contributed by atoms with Crippen molar-refractivity contribution in [3.05, 3.63) is 35.7 Å². The summed E-state index contributed by atoms with van der Waals surface area (Å²) >= 11 is 1.40. The second-order valence-corrected chi connectivity index (χ2v) is 5.82. The van der Waals surface area contributed by atoms with Crippen LogP contribution in [0.4, 0.5) is 0 Å². The first-order valence-corrected chi connectivity index (χ1v) is 7.55. The Morgan fingerprint density at radius 2 is 2.00 bits per heavy atom. The number of rotatable bonds is 4. The van der Waals surface area contributed by atoms with Gasteiger partial charge in [-0.15, -0.1) is 10.2 Å². The summed E-state index contributed by atoms with van der Waals surface area (Å²) in [7, 11) is 3.19. The molecule has 0 saturated heterocycles. The predicted octanol–water partition coefficient (Wildman–Crippen LogP) is 2.43. The van der Waals surface area contributed by atoms with Crippen LogP contribution in [0, 0.1) is 6.92 Å². The van der Waals surface area contributed by atoms with Crippen molar-refractivity contribution >= 4 is 23.7 Å². The molecule has 0 N–H and O–H groups in total. The minimum absolute atomic E-state index is 0.0146. The largest absolute Gasteiger partial charge is 0.493 e. The predicted molar refractivity (Wildman–Crippen MR) is 83.6 cm³/mol. The minimum atomic E-state index is -0.280. The van der Waals surface area contributed by atoms with Crippen molar-refractivity contribution in [1.29, 1.82) is 0 Å². The Bertz CT molecular complexity index is 754. The molecule has 0 bridgehead atoms. The van der Waals surface area contributed by atoms with Crippen molar-refractivity contribution in [3.8, 4) is 11.5 Å². The number of carbonyl (C=O) groups is 1. The molecule has 3 rings (SSSR count). The van der Waals surface area contributed by atoms with Gasteiger partial charge in [0.2, 0.25) is 0 Å². The molecule has 1 unspecified atom stereocenters. The number of hydrogen-bond donors (Lipinski definition) is 0. The number of ether oxygens (including phenoxy) is 2. The highest BCUT2D eigenvalue weighted by atomic mass is 32.2. The first-order chi connectivity index (χ1) is 10.6. The normalized spacial score (nSPS) is 17.0. The molecule has 1 aromatic carbocycles. The monoisotopic (exact) mass is 317 g/mol. The third kappa shape index (κ3) is 2.48. The van der Waals surface area contributed by atoms with Crippen molar-refractivity contribution in [1.82, 2.24) is 14.8 Å². The SMILES string of the molecule is COc1ccc(/C=C\C2Sc3nnc(C)n3C2=O)cc1OC. The quantitative estimate of drug-likeness (QED) is 0.863. The third-order valence-corrected chi connectivity index (χ3v) is 4.45. The van der Waals surface area contributed by atoms with E-state index in [0.29, 0.717) is 22.5 Å². The molecular weight excluding hydrogens is 302 g/mol. The van der Waals surface area contributed by atoms with Crippen molar-refractivity contribution < 1.29 is 14.3 Å². The van der Waals surface area contributed by atoms with E-state index in [9.17, 15) is 4.79 Å². The summed E-state index contributed by atoms with van der Waals surface area (Å²) in [6.07, 6.45) is 3.76. The van der Waals surface area contributed by atoms with Crippen LogP contribution in [0.2, 0.25) is 0 Å². The molecule has 22 heavy (non-hydrogen) atoms. The number of fused-ring (bicyclic) bond motifs is 1. The highest BCUT2D eigenvalue weighted by molar-refractivity contribution is 8.01. The van der Waals surface area contributed by atoms with E-state index >= 15 is 0 Å². The Morgan fingerprint density at radius 3 is 2.68 bits per heavy atom. The molecule has 7 heteroatoms. The van der Waals surface area contributed by atoms with E-state index < -0.39 is 0 Å². The fourth-order valence-electron chi connectivity index (χ4n) is 2.24. The van der Waals surface area contributed by atoms with Crippen LogP contribution in [0.15, 0.2) is 29.4 Å². The topological polar surface area (TPSA) is 66.2 Å². The first-order valence-electron chi connectivity index (χ1n) is 6.67. The van der Waals surface area contributed by atoms with Gasteiger partial charge in [-0.3, -0.25) is 4.79 Å². The summed E-state index contributed by atoms with van der Waals surface area (Å²) in [6, 6.07) is 5.61. The van der Waals surface area contributed by atoms with Crippen LogP contribution in [0.5, 0.6) is 11.5 Å². The Kier molecular flexibility index (Phi) is 3.89. The minimum Gasteiger partial charge on any atom is -0.493 e. The Labute approximate surface area is 132 Å². The van der Waals surface area contributed by atoms with E-state index in [0.717, 1.165) is 5.56 Å². The second-order valence-electron chi connectivity index (χ2n) is 4.72. The highest BCUT2D eigenvalue weighted by Crippen LogP contribution is 2.33. The second kappa shape index (κ2) is 5.84. The van der Waals surface area contributed by atoms with Gasteiger partial charge in [-0.25, -0.2) is 4.57 Å². The van der Waals surface area contributed by atoms with E-state index in [-0.39, 0.29) is 11.2 Å². The summed E-state index contributed by atoms with van der Waals surface area (Å²) < 4.78 is 12.0. The number of aromatic nitrogens is 3. The van der Waals surface area contributed by atoms with Gasteiger partial charge in [0.15, 0.2) is 16.7 Å². The van der Waals surface area contributed by atoms with Gasteiger partial charge in [0.1, 0.15) is 11.1 Å². The van der Waals surface area contributed by atoms with Crippen LogP contribution in [0.3, 0.4) is 0 Å². The van der Waals surface area contributed by atoms with Gasteiger partial charge in [-0.2, -0.15) is 0 Å². The number of hydrogen-bond acceptors (Lipinski definition) is 6. The third-order valence-electron chi connectivity index (χ3n) is 3.36. The average molecular weight is 317 g/mol. The summed E-state index contributed by atoms with van der Waals surface area (Å²) in [6.45, 7) is 1.77. The molecule has 0 fully saturated rings. The molecule has 114 valence electrons. The summed E-state index contributed by atoms with van der Waals surface area (Å²) in [5.41, 5.74) is 0.936. The fourth-order valence-corrected chi connectivity index (χ4v) is 3.25. The molecule has 1 aromatic heterocycles. The maximum absolute atomic E-state index is 12.3. The zero-order valence-electron chi connectivity index (χ0n) is 12.4. The lowest BCUT2D eigenvalue weighted by molar-refractivity contribution is 0.0919. The van der Waals surface area contributed by atoms with Crippen molar-refractivity contribution in [2.24, 2.45) is 0 Å². The molecule has 0 amide bonds. The summed E-state index contributed by atoms with van der Waals surface area (Å²) in [5, 5.41) is 8.25. The molecule has 0 saturated carbocycles. The smallest absolute Gasteiger partial charge is 0.251 e. The number of carbonyl (C=O) groups excluding carboxylic acids is 1. The molecule has 1 atom stereocenters. The zero-order chi connectivity index (χ0) is 15.7. The van der Waals surface area contributed by atoms with Crippen molar-refractivity contribution in [2.75, 3.05) is 14.2 Å². The van der Waals surface area contributed by atoms with Gasteiger partial charge in [-0.1, -0.05) is 30.0 Å².